The molecule has 184 valence electrons. The molecule has 3 aromatic heterocycles. The summed E-state index contributed by atoms with van der Waals surface area (Å²) in [6.45, 7) is 0.553. The van der Waals surface area contributed by atoms with Crippen LogP contribution in [-0.4, -0.2) is 43.0 Å². The summed E-state index contributed by atoms with van der Waals surface area (Å²) in [5, 5.41) is 15.5. The Hall–Kier alpha value is -4.69. The van der Waals surface area contributed by atoms with Crippen LogP contribution in [0.15, 0.2) is 91.3 Å². The van der Waals surface area contributed by atoms with Crippen molar-refractivity contribution in [2.24, 2.45) is 0 Å². The Labute approximate surface area is 213 Å². The molecule has 0 saturated carbocycles. The fourth-order valence-electron chi connectivity index (χ4n) is 4.72. The molecule has 6 aromatic rings. The third-order valence-electron chi connectivity index (χ3n) is 6.28. The van der Waals surface area contributed by atoms with Gasteiger partial charge in [-0.3, -0.25) is 0 Å². The molecule has 0 unspecified atom stereocenters. The normalized spacial score (nSPS) is 11.3. The summed E-state index contributed by atoms with van der Waals surface area (Å²) < 4.78 is 15.1. The molecule has 0 spiro atoms. The number of fused-ring (bicyclic) bond motifs is 3. The smallest absolute Gasteiger partial charge is 0.189 e. The second kappa shape index (κ2) is 9.75. The van der Waals surface area contributed by atoms with Crippen LogP contribution in [0.2, 0.25) is 0 Å². The number of aromatic nitrogens is 5. The van der Waals surface area contributed by atoms with Crippen molar-refractivity contribution >= 4 is 16.7 Å². The largest absolute Gasteiger partial charge is 0.493 e. The minimum atomic E-state index is -0.0185. The van der Waals surface area contributed by atoms with Crippen LogP contribution in [0.1, 0.15) is 5.82 Å². The van der Waals surface area contributed by atoms with Crippen LogP contribution in [0.3, 0.4) is 0 Å². The Morgan fingerprint density at radius 1 is 0.811 bits per heavy atom. The fourth-order valence-corrected chi connectivity index (χ4v) is 4.72. The lowest BCUT2D eigenvalue weighted by atomic mass is 9.99. The van der Waals surface area contributed by atoms with Crippen molar-refractivity contribution < 1.29 is 14.6 Å². The van der Waals surface area contributed by atoms with E-state index in [0.29, 0.717) is 29.5 Å². The average molecular weight is 492 g/mol. The van der Waals surface area contributed by atoms with Crippen molar-refractivity contribution in [3.8, 4) is 33.9 Å². The number of hydrogen-bond acceptors (Lipinski definition) is 6. The molecule has 0 amide bonds. The van der Waals surface area contributed by atoms with Gasteiger partial charge in [0.2, 0.25) is 0 Å². The second-order valence-electron chi connectivity index (χ2n) is 8.51. The van der Waals surface area contributed by atoms with E-state index in [1.54, 1.807) is 18.0 Å². The van der Waals surface area contributed by atoms with Crippen LogP contribution in [0.4, 0.5) is 0 Å². The third kappa shape index (κ3) is 4.07. The van der Waals surface area contributed by atoms with Gasteiger partial charge in [-0.1, -0.05) is 72.8 Å². The standard InChI is InChI=1S/C29H25N5O3/c1-36-22-14-8-9-15-23(22)37-18-24-31-29-26-25(20-10-4-2-5-11-20)27(21-12-6-3-7-13-21)33(16-17-35)28(26)30-19-34(29)32-24/h2-15,19,35H,16-18H2,1H3. The molecule has 0 fully saturated rings. The van der Waals surface area contributed by atoms with Crippen molar-refractivity contribution in [2.75, 3.05) is 13.7 Å². The van der Waals surface area contributed by atoms with Gasteiger partial charge in [0.1, 0.15) is 18.6 Å². The Morgan fingerprint density at radius 3 is 2.19 bits per heavy atom. The summed E-state index contributed by atoms with van der Waals surface area (Å²) in [4.78, 5) is 9.65. The maximum absolute atomic E-state index is 9.96. The van der Waals surface area contributed by atoms with Crippen molar-refractivity contribution in [1.29, 1.82) is 0 Å². The average Bonchev–Trinajstić information content (AvgIpc) is 3.52. The van der Waals surface area contributed by atoms with E-state index < -0.39 is 0 Å². The van der Waals surface area contributed by atoms with Gasteiger partial charge in [0.05, 0.1) is 24.8 Å². The van der Waals surface area contributed by atoms with Gasteiger partial charge in [0, 0.05) is 12.1 Å². The number of rotatable bonds is 8. The summed E-state index contributed by atoms with van der Waals surface area (Å²) in [6.07, 6.45) is 1.66. The number of benzene rings is 3. The van der Waals surface area contributed by atoms with Gasteiger partial charge in [-0.25, -0.2) is 14.5 Å². The first kappa shape index (κ1) is 22.8. The van der Waals surface area contributed by atoms with Gasteiger partial charge < -0.3 is 19.1 Å². The number of aliphatic hydroxyl groups excluding tert-OH is 1. The van der Waals surface area contributed by atoms with E-state index in [0.717, 1.165) is 33.4 Å². The van der Waals surface area contributed by atoms with E-state index in [4.69, 9.17) is 19.4 Å². The molecule has 6 rings (SSSR count). The fraction of sp³-hybridized carbons (Fsp3) is 0.138. The van der Waals surface area contributed by atoms with Crippen molar-refractivity contribution in [2.45, 2.75) is 13.2 Å². The van der Waals surface area contributed by atoms with E-state index in [2.05, 4.69) is 33.9 Å². The maximum Gasteiger partial charge on any atom is 0.189 e. The minimum Gasteiger partial charge on any atom is -0.493 e. The van der Waals surface area contributed by atoms with Crippen molar-refractivity contribution in [3.63, 3.8) is 0 Å². The molecule has 8 heteroatoms. The van der Waals surface area contributed by atoms with Crippen LogP contribution in [-0.2, 0) is 13.2 Å². The Bertz CT molecular complexity index is 1680. The highest BCUT2D eigenvalue weighted by Gasteiger charge is 2.24. The molecule has 0 saturated heterocycles. The number of nitrogens with zero attached hydrogens (tertiary/aromatic N) is 5. The van der Waals surface area contributed by atoms with Crippen LogP contribution >= 0.6 is 0 Å². The molecule has 0 atom stereocenters. The van der Waals surface area contributed by atoms with Gasteiger partial charge in [0.25, 0.3) is 0 Å². The van der Waals surface area contributed by atoms with E-state index in [1.807, 2.05) is 60.7 Å². The first-order valence-electron chi connectivity index (χ1n) is 12.0. The highest BCUT2D eigenvalue weighted by atomic mass is 16.5. The van der Waals surface area contributed by atoms with Crippen LogP contribution in [0.5, 0.6) is 11.5 Å². The molecule has 37 heavy (non-hydrogen) atoms. The Morgan fingerprint density at radius 2 is 1.49 bits per heavy atom. The molecule has 0 aliphatic heterocycles. The lowest BCUT2D eigenvalue weighted by Gasteiger charge is -2.11. The maximum atomic E-state index is 9.96. The monoisotopic (exact) mass is 491 g/mol. The number of methoxy groups -OCH3 is 1. The highest BCUT2D eigenvalue weighted by molar-refractivity contribution is 6.09. The zero-order valence-corrected chi connectivity index (χ0v) is 20.3. The van der Waals surface area contributed by atoms with Gasteiger partial charge in [0.15, 0.2) is 23.0 Å². The molecule has 0 bridgehead atoms. The van der Waals surface area contributed by atoms with Gasteiger partial charge in [-0.2, -0.15) is 0 Å². The number of para-hydroxylation sites is 2. The highest BCUT2D eigenvalue weighted by Crippen LogP contribution is 2.41. The third-order valence-corrected chi connectivity index (χ3v) is 6.28. The first-order chi connectivity index (χ1) is 18.3. The molecule has 0 aliphatic carbocycles. The lowest BCUT2D eigenvalue weighted by molar-refractivity contribution is 0.276. The summed E-state index contributed by atoms with van der Waals surface area (Å²) in [5.74, 6) is 1.79. The second-order valence-corrected chi connectivity index (χ2v) is 8.51. The van der Waals surface area contributed by atoms with Crippen molar-refractivity contribution in [1.82, 2.24) is 24.1 Å². The summed E-state index contributed by atoms with van der Waals surface area (Å²) >= 11 is 0. The zero-order valence-electron chi connectivity index (χ0n) is 20.3. The SMILES string of the molecule is COc1ccccc1OCc1nc2c3c(-c4ccccc4)c(-c4ccccc4)n(CCO)c3ncn2n1. The molecule has 0 aliphatic rings. The molecule has 0 radical (unpaired) electrons. The zero-order chi connectivity index (χ0) is 25.2. The Balaban J connectivity index is 1.56. The van der Waals surface area contributed by atoms with Crippen molar-refractivity contribution in [3.05, 3.63) is 97.1 Å². The van der Waals surface area contributed by atoms with Gasteiger partial charge >= 0.3 is 0 Å². The van der Waals surface area contributed by atoms with E-state index in [-0.39, 0.29) is 13.2 Å². The first-order valence-corrected chi connectivity index (χ1v) is 12.0. The van der Waals surface area contributed by atoms with Crippen LogP contribution in [0, 0.1) is 0 Å². The predicted octanol–water partition coefficient (Wildman–Crippen LogP) is 4.99. The van der Waals surface area contributed by atoms with E-state index in [9.17, 15) is 5.11 Å². The lowest BCUT2D eigenvalue weighted by Crippen LogP contribution is -2.05. The summed E-state index contributed by atoms with van der Waals surface area (Å²) in [7, 11) is 1.61. The summed E-state index contributed by atoms with van der Waals surface area (Å²) in [5.41, 5.74) is 5.46. The molecule has 3 aromatic carbocycles. The Kier molecular flexibility index (Phi) is 6.00. The molecule has 3 heterocycles. The summed E-state index contributed by atoms with van der Waals surface area (Å²) in [6, 6.07) is 27.8. The van der Waals surface area contributed by atoms with Crippen LogP contribution in [0.25, 0.3) is 39.1 Å². The van der Waals surface area contributed by atoms with E-state index >= 15 is 0 Å². The van der Waals surface area contributed by atoms with Gasteiger partial charge in [-0.05, 0) is 23.3 Å². The number of hydrogen-bond donors (Lipinski definition) is 1. The topological polar surface area (TPSA) is 86.7 Å². The van der Waals surface area contributed by atoms with Gasteiger partial charge in [-0.15, -0.1) is 5.10 Å². The molecular formula is C29H25N5O3. The molecule has 1 N–H and O–H groups in total. The van der Waals surface area contributed by atoms with E-state index in [1.165, 1.54) is 0 Å². The quantitative estimate of drug-likeness (QED) is 0.323. The molecule has 8 nitrogen and oxygen atoms in total. The predicted molar refractivity (Wildman–Crippen MR) is 142 cm³/mol. The number of ether oxygens (including phenoxy) is 2. The molecular weight excluding hydrogens is 466 g/mol. The van der Waals surface area contributed by atoms with Crippen LogP contribution < -0.4 is 9.47 Å². The minimum absolute atomic E-state index is 0.0185. The number of aliphatic hydroxyl groups is 1.